The van der Waals surface area contributed by atoms with Crippen molar-refractivity contribution in [2.45, 2.75) is 49.4 Å². The van der Waals surface area contributed by atoms with E-state index in [1.165, 1.54) is 6.20 Å². The van der Waals surface area contributed by atoms with Crippen molar-refractivity contribution in [2.75, 3.05) is 18.9 Å². The summed E-state index contributed by atoms with van der Waals surface area (Å²) in [6, 6.07) is 15.3. The lowest BCUT2D eigenvalue weighted by molar-refractivity contribution is 0.0776. The number of sulfone groups is 1. The average Bonchev–Trinajstić information content (AvgIpc) is 3.44. The van der Waals surface area contributed by atoms with Crippen LogP contribution in [0.15, 0.2) is 70.2 Å². The molecule has 3 N–H and O–H groups in total. The van der Waals surface area contributed by atoms with Crippen LogP contribution in [-0.4, -0.2) is 48.0 Å². The lowest BCUT2D eigenvalue weighted by Crippen LogP contribution is -2.34. The molecule has 4 aromatic rings. The molecule has 1 aliphatic rings. The minimum atomic E-state index is -3.38. The predicted molar refractivity (Wildman–Crippen MR) is 146 cm³/mol. The molecule has 1 saturated heterocycles. The predicted octanol–water partition coefficient (Wildman–Crippen LogP) is 4.50. The Balaban J connectivity index is 1.35. The first-order valence-electron chi connectivity index (χ1n) is 13.4. The number of nitrogens with zero attached hydrogens (tertiary/aromatic N) is 3. The van der Waals surface area contributed by atoms with Crippen LogP contribution in [0.5, 0.6) is 0 Å². The zero-order valence-corrected chi connectivity index (χ0v) is 22.0. The molecule has 10 heteroatoms. The Hall–Kier alpha value is -3.60. The van der Waals surface area contributed by atoms with E-state index < -0.39 is 21.6 Å². The van der Waals surface area contributed by atoms with Gasteiger partial charge < -0.3 is 20.3 Å². The number of rotatable bonds is 8. The fraction of sp³-hybridized carbons (Fsp3) is 0.321. The highest BCUT2D eigenvalue weighted by atomic mass is 32.2. The van der Waals surface area contributed by atoms with Crippen LogP contribution in [0.1, 0.15) is 35.0 Å². The van der Waals surface area contributed by atoms with Crippen LogP contribution < -0.4 is 11.1 Å². The standard InChI is InChI=1S/C28H31N5O4S/c1-18(2)38(34,35)23-9-7-21(8-10-23)25-17-31-28(29)27(32-25)26-15-24(33-37-26)20-5-3-19(4-6-20)16-30-22-11-13-36-14-12-22/h3-10,15,17-18,22,30H,11-14,16H2,1-2H3,(H2,29,31)/i16D2. The molecule has 0 amide bonds. The Morgan fingerprint density at radius 1 is 1.05 bits per heavy atom. The third-order valence-corrected chi connectivity index (χ3v) is 8.64. The van der Waals surface area contributed by atoms with E-state index in [1.807, 2.05) is 0 Å². The number of anilines is 1. The molecule has 1 fully saturated rings. The summed E-state index contributed by atoms with van der Waals surface area (Å²) in [4.78, 5) is 9.11. The van der Waals surface area contributed by atoms with Gasteiger partial charge in [0.2, 0.25) is 0 Å². The smallest absolute Gasteiger partial charge is 0.189 e. The molecule has 0 saturated carbocycles. The number of ether oxygens (including phenoxy) is 1. The highest BCUT2D eigenvalue weighted by Crippen LogP contribution is 2.30. The maximum Gasteiger partial charge on any atom is 0.189 e. The van der Waals surface area contributed by atoms with E-state index in [4.69, 9.17) is 17.7 Å². The molecule has 5 rings (SSSR count). The minimum Gasteiger partial charge on any atom is -0.382 e. The van der Waals surface area contributed by atoms with Gasteiger partial charge in [-0.25, -0.2) is 18.4 Å². The zero-order valence-electron chi connectivity index (χ0n) is 23.2. The maximum absolute atomic E-state index is 12.4. The normalized spacial score (nSPS) is 15.9. The Bertz CT molecular complexity index is 1580. The van der Waals surface area contributed by atoms with Crippen molar-refractivity contribution in [3.63, 3.8) is 0 Å². The molecule has 1 aliphatic heterocycles. The van der Waals surface area contributed by atoms with Crippen LogP contribution in [0, 0.1) is 0 Å². The van der Waals surface area contributed by atoms with E-state index in [2.05, 4.69) is 20.4 Å². The number of nitrogens with one attached hydrogen (secondary N) is 1. The van der Waals surface area contributed by atoms with Gasteiger partial charge in [0, 0.05) is 45.7 Å². The summed E-state index contributed by atoms with van der Waals surface area (Å²) in [7, 11) is -3.38. The molecule has 0 atom stereocenters. The van der Waals surface area contributed by atoms with Gasteiger partial charge in [-0.3, -0.25) is 0 Å². The molecule has 9 nitrogen and oxygen atoms in total. The molecular weight excluding hydrogens is 502 g/mol. The number of aromatic nitrogens is 3. The third-order valence-electron chi connectivity index (χ3n) is 6.47. The first kappa shape index (κ1) is 23.5. The molecular formula is C28H31N5O4S. The monoisotopic (exact) mass is 535 g/mol. The lowest BCUT2D eigenvalue weighted by Gasteiger charge is -2.23. The Morgan fingerprint density at radius 2 is 1.71 bits per heavy atom. The first-order valence-corrected chi connectivity index (χ1v) is 14.0. The topological polar surface area (TPSA) is 133 Å². The van der Waals surface area contributed by atoms with Crippen LogP contribution in [0.2, 0.25) is 0 Å². The van der Waals surface area contributed by atoms with Gasteiger partial charge in [-0.05, 0) is 44.4 Å². The van der Waals surface area contributed by atoms with Gasteiger partial charge in [-0.2, -0.15) is 0 Å². The maximum atomic E-state index is 12.4. The highest BCUT2D eigenvalue weighted by molar-refractivity contribution is 7.92. The van der Waals surface area contributed by atoms with Gasteiger partial charge in [-0.15, -0.1) is 0 Å². The molecule has 0 spiro atoms. The quantitative estimate of drug-likeness (QED) is 0.334. The highest BCUT2D eigenvalue weighted by Gasteiger charge is 2.20. The van der Waals surface area contributed by atoms with Crippen molar-refractivity contribution in [2.24, 2.45) is 0 Å². The van der Waals surface area contributed by atoms with E-state index in [-0.39, 0.29) is 16.8 Å². The molecule has 198 valence electrons. The molecule has 0 unspecified atom stereocenters. The average molecular weight is 536 g/mol. The van der Waals surface area contributed by atoms with Gasteiger partial charge in [0.05, 0.1) is 22.0 Å². The fourth-order valence-electron chi connectivity index (χ4n) is 4.08. The largest absolute Gasteiger partial charge is 0.382 e. The van der Waals surface area contributed by atoms with Gasteiger partial charge in [0.1, 0.15) is 5.69 Å². The van der Waals surface area contributed by atoms with Crippen LogP contribution >= 0.6 is 0 Å². The SMILES string of the molecule is [2H]C([2H])(NC1CCOCC1)c1ccc(-c2cc(-c3nc(-c4ccc(S(=O)(=O)C(C)C)cc4)cnc3N)on2)cc1. The third kappa shape index (κ3) is 5.62. The Labute approximate surface area is 225 Å². The van der Waals surface area contributed by atoms with Crippen LogP contribution in [0.4, 0.5) is 5.82 Å². The molecule has 2 aromatic carbocycles. The number of nitrogens with two attached hydrogens (primary N) is 1. The molecule has 2 aromatic heterocycles. The van der Waals surface area contributed by atoms with Gasteiger partial charge >= 0.3 is 0 Å². The second-order valence-corrected chi connectivity index (χ2v) is 11.9. The number of benzene rings is 2. The summed E-state index contributed by atoms with van der Waals surface area (Å²) in [5.41, 5.74) is 9.39. The molecule has 0 radical (unpaired) electrons. The summed E-state index contributed by atoms with van der Waals surface area (Å²) in [6.07, 6.45) is 3.07. The van der Waals surface area contributed by atoms with Crippen LogP contribution in [-0.2, 0) is 21.1 Å². The lowest BCUT2D eigenvalue weighted by atomic mass is 10.1. The van der Waals surface area contributed by atoms with E-state index in [1.54, 1.807) is 68.4 Å². The van der Waals surface area contributed by atoms with Gasteiger partial charge in [-0.1, -0.05) is 41.6 Å². The van der Waals surface area contributed by atoms with Crippen molar-refractivity contribution in [1.82, 2.24) is 20.4 Å². The van der Waals surface area contributed by atoms with Crippen molar-refractivity contribution in [3.05, 3.63) is 66.4 Å². The van der Waals surface area contributed by atoms with E-state index in [9.17, 15) is 8.42 Å². The summed E-state index contributed by atoms with van der Waals surface area (Å²) in [6.45, 7) is 2.87. The van der Waals surface area contributed by atoms with E-state index >= 15 is 0 Å². The van der Waals surface area contributed by atoms with Crippen LogP contribution in [0.3, 0.4) is 0 Å². The van der Waals surface area contributed by atoms with Crippen molar-refractivity contribution in [3.8, 4) is 34.0 Å². The zero-order chi connectivity index (χ0) is 28.5. The Kier molecular flexibility index (Phi) is 6.82. The van der Waals surface area contributed by atoms with Crippen molar-refractivity contribution < 1.29 is 20.4 Å². The van der Waals surface area contributed by atoms with E-state index in [0.717, 1.165) is 18.4 Å². The van der Waals surface area contributed by atoms with Crippen molar-refractivity contribution >= 4 is 15.7 Å². The first-order chi connectivity index (χ1) is 19.0. The summed E-state index contributed by atoms with van der Waals surface area (Å²) in [5, 5.41) is 6.74. The summed E-state index contributed by atoms with van der Waals surface area (Å²) in [5.74, 6) is 0.481. The number of hydrogen-bond acceptors (Lipinski definition) is 9. The fourth-order valence-corrected chi connectivity index (χ4v) is 5.14. The summed E-state index contributed by atoms with van der Waals surface area (Å²) >= 11 is 0. The second-order valence-electron chi connectivity index (χ2n) is 9.42. The van der Waals surface area contributed by atoms with Gasteiger partial charge in [0.25, 0.3) is 0 Å². The Morgan fingerprint density at radius 3 is 2.39 bits per heavy atom. The molecule has 0 aliphatic carbocycles. The molecule has 0 bridgehead atoms. The number of hydrogen-bond donors (Lipinski definition) is 2. The molecule has 3 heterocycles. The van der Waals surface area contributed by atoms with Crippen molar-refractivity contribution in [1.29, 1.82) is 0 Å². The summed E-state index contributed by atoms with van der Waals surface area (Å²) < 4.78 is 52.8. The second kappa shape index (κ2) is 11.0. The minimum absolute atomic E-state index is 0.0647. The number of nitrogen functional groups attached to an aromatic ring is 1. The van der Waals surface area contributed by atoms with E-state index in [0.29, 0.717) is 47.2 Å². The van der Waals surface area contributed by atoms with Gasteiger partial charge in [0.15, 0.2) is 27.1 Å². The van der Waals surface area contributed by atoms with Crippen LogP contribution in [0.25, 0.3) is 34.0 Å². The molecule has 38 heavy (non-hydrogen) atoms.